The molecule has 2 amide bonds. The van der Waals surface area contributed by atoms with E-state index in [0.29, 0.717) is 11.1 Å². The molecule has 0 spiro atoms. The first-order chi connectivity index (χ1) is 15.4. The molecule has 3 rings (SSSR count). The molecule has 33 heavy (non-hydrogen) atoms. The van der Waals surface area contributed by atoms with Gasteiger partial charge in [0.15, 0.2) is 0 Å². The number of hydrogen-bond acceptors (Lipinski definition) is 2. The predicted molar refractivity (Wildman–Crippen MR) is 134 cm³/mol. The van der Waals surface area contributed by atoms with Crippen LogP contribution in [0.3, 0.4) is 0 Å². The van der Waals surface area contributed by atoms with Crippen LogP contribution >= 0.6 is 0 Å². The molecule has 3 aromatic carbocycles. The molecule has 0 atom stereocenters. The molecular weight excluding hydrogens is 408 g/mol. The van der Waals surface area contributed by atoms with E-state index >= 15 is 0 Å². The van der Waals surface area contributed by atoms with Crippen LogP contribution in [0.5, 0.6) is 0 Å². The zero-order chi connectivity index (χ0) is 24.2. The van der Waals surface area contributed by atoms with Crippen LogP contribution in [0, 0.1) is 0 Å². The predicted octanol–water partition coefficient (Wildman–Crippen LogP) is 6.14. The molecule has 0 saturated carbocycles. The quantitative estimate of drug-likeness (QED) is 0.466. The number of rotatable bonds is 5. The molecule has 4 heteroatoms. The van der Waals surface area contributed by atoms with Gasteiger partial charge in [-0.25, -0.2) is 0 Å². The van der Waals surface area contributed by atoms with Crippen molar-refractivity contribution in [2.75, 3.05) is 0 Å². The Morgan fingerprint density at radius 3 is 1.27 bits per heavy atom. The molecule has 4 nitrogen and oxygen atoms in total. The van der Waals surface area contributed by atoms with E-state index in [4.69, 9.17) is 0 Å². The van der Waals surface area contributed by atoms with E-state index in [-0.39, 0.29) is 22.6 Å². The average Bonchev–Trinajstić information content (AvgIpc) is 2.78. The Morgan fingerprint density at radius 2 is 0.939 bits per heavy atom. The van der Waals surface area contributed by atoms with Crippen molar-refractivity contribution in [3.63, 3.8) is 0 Å². The van der Waals surface area contributed by atoms with Crippen LogP contribution in [-0.4, -0.2) is 11.8 Å². The van der Waals surface area contributed by atoms with Gasteiger partial charge in [-0.15, -0.1) is 0 Å². The first-order valence-corrected chi connectivity index (χ1v) is 11.3. The lowest BCUT2D eigenvalue weighted by molar-refractivity contribution is 0.0883. The highest BCUT2D eigenvalue weighted by molar-refractivity contribution is 5.97. The lowest BCUT2D eigenvalue weighted by Gasteiger charge is -2.22. The minimum Gasteiger partial charge on any atom is -0.328 e. The molecule has 0 unspecified atom stereocenters. The molecular formula is C29H34N2O2. The third-order valence-electron chi connectivity index (χ3n) is 5.71. The van der Waals surface area contributed by atoms with Gasteiger partial charge in [0.05, 0.1) is 0 Å². The van der Waals surface area contributed by atoms with Crippen molar-refractivity contribution in [2.24, 2.45) is 0 Å². The van der Waals surface area contributed by atoms with Crippen molar-refractivity contribution >= 4 is 11.8 Å². The van der Waals surface area contributed by atoms with Gasteiger partial charge in [0.1, 0.15) is 6.17 Å². The second kappa shape index (κ2) is 9.62. The van der Waals surface area contributed by atoms with E-state index < -0.39 is 6.17 Å². The van der Waals surface area contributed by atoms with E-state index in [1.54, 1.807) is 0 Å². The molecule has 3 aromatic rings. The fraction of sp³-hybridized carbons (Fsp3) is 0.310. The largest absolute Gasteiger partial charge is 0.328 e. The van der Waals surface area contributed by atoms with E-state index in [9.17, 15) is 9.59 Å². The molecule has 2 N–H and O–H groups in total. The summed E-state index contributed by atoms with van der Waals surface area (Å²) >= 11 is 0. The van der Waals surface area contributed by atoms with Crippen molar-refractivity contribution < 1.29 is 9.59 Å². The Bertz CT molecular complexity index is 1020. The lowest BCUT2D eigenvalue weighted by atomic mass is 9.86. The molecule has 0 radical (unpaired) electrons. The van der Waals surface area contributed by atoms with Crippen LogP contribution < -0.4 is 10.6 Å². The van der Waals surface area contributed by atoms with Crippen molar-refractivity contribution in [1.82, 2.24) is 10.6 Å². The van der Waals surface area contributed by atoms with E-state index in [2.05, 4.69) is 52.2 Å². The highest BCUT2D eigenvalue weighted by Gasteiger charge is 2.21. The molecule has 0 saturated heterocycles. The third-order valence-corrected chi connectivity index (χ3v) is 5.71. The fourth-order valence-corrected chi connectivity index (χ4v) is 3.52. The molecule has 0 aliphatic heterocycles. The third kappa shape index (κ3) is 6.32. The Hall–Kier alpha value is -3.40. The summed E-state index contributed by atoms with van der Waals surface area (Å²) in [6.45, 7) is 12.8. The molecule has 0 heterocycles. The SMILES string of the molecule is CC(C)(C)c1ccc(C(=O)NC(NC(=O)c2ccc(C(C)(C)C)cc2)c2ccccc2)cc1. The highest BCUT2D eigenvalue weighted by atomic mass is 16.2. The molecule has 0 aromatic heterocycles. The molecule has 0 bridgehead atoms. The van der Waals surface area contributed by atoms with Gasteiger partial charge in [-0.3, -0.25) is 9.59 Å². The zero-order valence-electron chi connectivity index (χ0n) is 20.4. The minimum atomic E-state index is -0.657. The molecule has 0 aliphatic carbocycles. The lowest BCUT2D eigenvalue weighted by Crippen LogP contribution is -2.41. The fourth-order valence-electron chi connectivity index (χ4n) is 3.52. The Morgan fingerprint density at radius 1 is 0.576 bits per heavy atom. The van der Waals surface area contributed by atoms with Crippen LogP contribution in [0.15, 0.2) is 78.9 Å². The Labute approximate surface area is 197 Å². The van der Waals surface area contributed by atoms with Crippen molar-refractivity contribution in [3.8, 4) is 0 Å². The monoisotopic (exact) mass is 442 g/mol. The van der Waals surface area contributed by atoms with Gasteiger partial charge in [-0.05, 0) is 51.8 Å². The van der Waals surface area contributed by atoms with Crippen LogP contribution in [0.1, 0.15) is 85.1 Å². The summed E-state index contributed by atoms with van der Waals surface area (Å²) in [5, 5.41) is 5.95. The summed E-state index contributed by atoms with van der Waals surface area (Å²) in [7, 11) is 0. The topological polar surface area (TPSA) is 58.2 Å². The van der Waals surface area contributed by atoms with Gasteiger partial charge in [-0.1, -0.05) is 96.1 Å². The zero-order valence-corrected chi connectivity index (χ0v) is 20.4. The van der Waals surface area contributed by atoms with E-state index in [1.165, 1.54) is 0 Å². The second-order valence-corrected chi connectivity index (χ2v) is 10.4. The van der Waals surface area contributed by atoms with Crippen molar-refractivity contribution in [1.29, 1.82) is 0 Å². The summed E-state index contributed by atoms with van der Waals surface area (Å²) in [5.41, 5.74) is 4.24. The molecule has 172 valence electrons. The van der Waals surface area contributed by atoms with Gasteiger partial charge in [-0.2, -0.15) is 0 Å². The minimum absolute atomic E-state index is 0.0120. The summed E-state index contributed by atoms with van der Waals surface area (Å²) in [6.07, 6.45) is -0.657. The summed E-state index contributed by atoms with van der Waals surface area (Å²) in [5.74, 6) is -0.486. The summed E-state index contributed by atoms with van der Waals surface area (Å²) < 4.78 is 0. The van der Waals surface area contributed by atoms with Gasteiger partial charge in [0.2, 0.25) is 0 Å². The number of amides is 2. The number of carbonyl (C=O) groups is 2. The maximum atomic E-state index is 13.0. The Kier molecular flexibility index (Phi) is 7.06. The van der Waals surface area contributed by atoms with Gasteiger partial charge >= 0.3 is 0 Å². The smallest absolute Gasteiger partial charge is 0.253 e. The number of hydrogen-bond donors (Lipinski definition) is 2. The average molecular weight is 443 g/mol. The number of benzene rings is 3. The van der Waals surface area contributed by atoms with Crippen LogP contribution in [-0.2, 0) is 10.8 Å². The molecule has 0 aliphatic rings. The normalized spacial score (nSPS) is 11.8. The van der Waals surface area contributed by atoms with Crippen molar-refractivity contribution in [3.05, 3.63) is 107 Å². The maximum Gasteiger partial charge on any atom is 0.253 e. The number of nitrogens with one attached hydrogen (secondary N) is 2. The van der Waals surface area contributed by atoms with Crippen molar-refractivity contribution in [2.45, 2.75) is 58.5 Å². The van der Waals surface area contributed by atoms with E-state index in [1.807, 2.05) is 78.9 Å². The van der Waals surface area contributed by atoms with Gasteiger partial charge in [0, 0.05) is 11.1 Å². The number of carbonyl (C=O) groups excluding carboxylic acids is 2. The van der Waals surface area contributed by atoms with Gasteiger partial charge < -0.3 is 10.6 Å². The first-order valence-electron chi connectivity index (χ1n) is 11.3. The van der Waals surface area contributed by atoms with Crippen LogP contribution in [0.4, 0.5) is 0 Å². The maximum absolute atomic E-state index is 13.0. The van der Waals surface area contributed by atoms with Gasteiger partial charge in [0.25, 0.3) is 11.8 Å². The Balaban J connectivity index is 1.79. The van der Waals surface area contributed by atoms with Crippen LogP contribution in [0.25, 0.3) is 0 Å². The first kappa shape index (κ1) is 24.2. The standard InChI is InChI=1S/C29H34N2O2/c1-28(2,3)23-16-12-21(13-17-23)26(32)30-25(20-10-8-7-9-11-20)31-27(33)22-14-18-24(19-15-22)29(4,5)6/h7-19,25H,1-6H3,(H,30,32)(H,31,33). The summed E-state index contributed by atoms with van der Waals surface area (Å²) in [6, 6.07) is 24.6. The van der Waals surface area contributed by atoms with Crippen LogP contribution in [0.2, 0.25) is 0 Å². The highest BCUT2D eigenvalue weighted by Crippen LogP contribution is 2.23. The molecule has 0 fully saturated rings. The van der Waals surface area contributed by atoms with E-state index in [0.717, 1.165) is 16.7 Å². The second-order valence-electron chi connectivity index (χ2n) is 10.4. The summed E-state index contributed by atoms with van der Waals surface area (Å²) in [4.78, 5) is 26.0.